The average Bonchev–Trinajstić information content (AvgIpc) is 3.27. The zero-order chi connectivity index (χ0) is 18.8. The minimum atomic E-state index is -0.346. The van der Waals surface area contributed by atoms with Crippen LogP contribution in [0.25, 0.3) is 11.0 Å². The summed E-state index contributed by atoms with van der Waals surface area (Å²) in [5.74, 6) is 0.815. The third kappa shape index (κ3) is 3.59. The molecule has 0 unspecified atom stereocenters. The first-order valence-corrected chi connectivity index (χ1v) is 8.88. The number of hydrogen-bond donors (Lipinski definition) is 1. The van der Waals surface area contributed by atoms with E-state index in [1.54, 1.807) is 11.2 Å². The zero-order valence-electron chi connectivity index (χ0n) is 15.4. The first-order valence-electron chi connectivity index (χ1n) is 8.88. The van der Waals surface area contributed by atoms with Crippen molar-refractivity contribution in [2.24, 2.45) is 0 Å². The van der Waals surface area contributed by atoms with Gasteiger partial charge in [0.15, 0.2) is 0 Å². The number of nitrogens with zero attached hydrogens (tertiary/aromatic N) is 3. The molecule has 4 rings (SSSR count). The Morgan fingerprint density at radius 1 is 1.26 bits per heavy atom. The second-order valence-corrected chi connectivity index (χ2v) is 6.79. The molecule has 1 fully saturated rings. The third-order valence-corrected chi connectivity index (χ3v) is 4.63. The topological polar surface area (TPSA) is 70.7 Å². The number of likely N-dealkylation sites (N-methyl/N-ethyl adjacent to an activating group) is 1. The van der Waals surface area contributed by atoms with Crippen molar-refractivity contribution in [1.29, 1.82) is 0 Å². The van der Waals surface area contributed by atoms with E-state index in [1.807, 2.05) is 56.6 Å². The Labute approximate surface area is 157 Å². The van der Waals surface area contributed by atoms with Crippen molar-refractivity contribution in [3.63, 3.8) is 0 Å². The van der Waals surface area contributed by atoms with Crippen molar-refractivity contribution in [2.75, 3.05) is 38.8 Å². The second-order valence-electron chi connectivity index (χ2n) is 6.79. The molecule has 1 aromatic heterocycles. The Hall–Kier alpha value is -3.06. The molecular weight excluding hydrogens is 344 g/mol. The van der Waals surface area contributed by atoms with E-state index >= 15 is 0 Å². The van der Waals surface area contributed by atoms with E-state index < -0.39 is 0 Å². The van der Waals surface area contributed by atoms with Gasteiger partial charge >= 0.3 is 6.09 Å². The van der Waals surface area contributed by atoms with Crippen LogP contribution in [0.4, 0.5) is 10.5 Å². The van der Waals surface area contributed by atoms with E-state index in [0.717, 1.165) is 34.6 Å². The summed E-state index contributed by atoms with van der Waals surface area (Å²) in [6.07, 6.45) is 1.30. The van der Waals surface area contributed by atoms with Crippen molar-refractivity contribution in [1.82, 2.24) is 14.9 Å². The van der Waals surface area contributed by atoms with Gasteiger partial charge in [0.25, 0.3) is 0 Å². The lowest BCUT2D eigenvalue weighted by Crippen LogP contribution is -2.27. The van der Waals surface area contributed by atoms with Gasteiger partial charge in [0.1, 0.15) is 19.0 Å². The highest BCUT2D eigenvalue weighted by Crippen LogP contribution is 2.34. The highest BCUT2D eigenvalue weighted by atomic mass is 16.6. The van der Waals surface area contributed by atoms with E-state index in [2.05, 4.69) is 14.9 Å². The second kappa shape index (κ2) is 7.28. The van der Waals surface area contributed by atoms with E-state index in [4.69, 9.17) is 9.47 Å². The van der Waals surface area contributed by atoms with E-state index in [9.17, 15) is 4.79 Å². The number of nitrogens with one attached hydrogen (secondary N) is 1. The lowest BCUT2D eigenvalue weighted by Gasteiger charge is -2.22. The van der Waals surface area contributed by atoms with Gasteiger partial charge in [0.05, 0.1) is 29.1 Å². The molecule has 2 aromatic carbocycles. The molecular formula is C20H22N4O3. The average molecular weight is 366 g/mol. The Morgan fingerprint density at radius 2 is 2.07 bits per heavy atom. The van der Waals surface area contributed by atoms with Crippen LogP contribution in [-0.4, -0.2) is 54.8 Å². The molecule has 1 N–H and O–H groups in total. The number of aromatic amines is 1. The van der Waals surface area contributed by atoms with Crippen molar-refractivity contribution in [2.45, 2.75) is 6.04 Å². The van der Waals surface area contributed by atoms with Gasteiger partial charge in [0, 0.05) is 6.54 Å². The van der Waals surface area contributed by atoms with Gasteiger partial charge in [-0.05, 0) is 50.0 Å². The smallest absolute Gasteiger partial charge is 0.415 e. The van der Waals surface area contributed by atoms with Crippen molar-refractivity contribution < 1.29 is 14.3 Å². The molecule has 1 atom stereocenters. The number of ether oxygens (including phenoxy) is 2. The highest BCUT2D eigenvalue weighted by Gasteiger charge is 2.35. The molecule has 0 aliphatic carbocycles. The number of imidazole rings is 1. The van der Waals surface area contributed by atoms with Gasteiger partial charge in [-0.1, -0.05) is 12.1 Å². The van der Waals surface area contributed by atoms with Gasteiger partial charge in [-0.2, -0.15) is 0 Å². The Bertz CT molecular complexity index is 936. The van der Waals surface area contributed by atoms with Crippen molar-refractivity contribution in [3.8, 4) is 5.75 Å². The third-order valence-electron chi connectivity index (χ3n) is 4.63. The van der Waals surface area contributed by atoms with E-state index in [-0.39, 0.29) is 12.1 Å². The Morgan fingerprint density at radius 3 is 2.85 bits per heavy atom. The Balaban J connectivity index is 1.54. The standard InChI is InChI=1S/C20H22N4O3/c1-23(2)9-10-26-16-6-3-14(4-7-16)19-12-27-20(25)24(19)15-5-8-17-18(11-15)22-13-21-17/h3-8,11,13,19H,9-10,12H2,1-2H3,(H,21,22)/t19-/m1/s1. The molecule has 3 aromatic rings. The molecule has 7 heteroatoms. The number of benzene rings is 2. The van der Waals surface area contributed by atoms with E-state index in [0.29, 0.717) is 13.2 Å². The van der Waals surface area contributed by atoms with Crippen LogP contribution in [0.1, 0.15) is 11.6 Å². The molecule has 1 aliphatic rings. The summed E-state index contributed by atoms with van der Waals surface area (Å²) >= 11 is 0. The largest absolute Gasteiger partial charge is 0.492 e. The van der Waals surface area contributed by atoms with Crippen LogP contribution in [0.3, 0.4) is 0 Å². The molecule has 1 amide bonds. The van der Waals surface area contributed by atoms with Crippen LogP contribution in [0.15, 0.2) is 48.8 Å². The quantitative estimate of drug-likeness (QED) is 0.725. The zero-order valence-corrected chi connectivity index (χ0v) is 15.4. The number of hydrogen-bond acceptors (Lipinski definition) is 5. The lowest BCUT2D eigenvalue weighted by atomic mass is 10.1. The first kappa shape index (κ1) is 17.4. The lowest BCUT2D eigenvalue weighted by molar-refractivity contribution is 0.179. The Kier molecular flexibility index (Phi) is 4.68. The van der Waals surface area contributed by atoms with Gasteiger partial charge in [-0.15, -0.1) is 0 Å². The fourth-order valence-corrected chi connectivity index (χ4v) is 3.15. The van der Waals surface area contributed by atoms with Crippen LogP contribution in [-0.2, 0) is 4.74 Å². The summed E-state index contributed by atoms with van der Waals surface area (Å²) in [6.45, 7) is 1.81. The predicted molar refractivity (Wildman–Crippen MR) is 103 cm³/mol. The first-order chi connectivity index (χ1) is 13.1. The van der Waals surface area contributed by atoms with Crippen LogP contribution in [0.2, 0.25) is 0 Å². The van der Waals surface area contributed by atoms with Crippen LogP contribution >= 0.6 is 0 Å². The maximum absolute atomic E-state index is 12.4. The van der Waals surface area contributed by atoms with Gasteiger partial charge in [-0.25, -0.2) is 9.78 Å². The number of rotatable bonds is 6. The number of fused-ring (bicyclic) bond motifs is 1. The highest BCUT2D eigenvalue weighted by molar-refractivity contribution is 5.93. The molecule has 2 heterocycles. The number of amides is 1. The molecule has 140 valence electrons. The van der Waals surface area contributed by atoms with Crippen LogP contribution in [0, 0.1) is 0 Å². The van der Waals surface area contributed by atoms with Crippen LogP contribution in [0.5, 0.6) is 5.75 Å². The fraction of sp³-hybridized carbons (Fsp3) is 0.300. The molecule has 27 heavy (non-hydrogen) atoms. The van der Waals surface area contributed by atoms with Gasteiger partial charge in [-0.3, -0.25) is 4.90 Å². The maximum Gasteiger partial charge on any atom is 0.415 e. The number of carbonyl (C=O) groups excluding carboxylic acids is 1. The van der Waals surface area contributed by atoms with Gasteiger partial charge in [0.2, 0.25) is 0 Å². The number of carbonyl (C=O) groups is 1. The molecule has 0 bridgehead atoms. The predicted octanol–water partition coefficient (Wildman–Crippen LogP) is 3.20. The van der Waals surface area contributed by atoms with Gasteiger partial charge < -0.3 is 19.4 Å². The number of H-pyrrole nitrogens is 1. The summed E-state index contributed by atoms with van der Waals surface area (Å²) in [5, 5.41) is 0. The van der Waals surface area contributed by atoms with E-state index in [1.165, 1.54) is 0 Å². The SMILES string of the molecule is CN(C)CCOc1ccc([C@H]2COC(=O)N2c2ccc3[nH]cnc3c2)cc1. The molecule has 0 spiro atoms. The summed E-state index contributed by atoms with van der Waals surface area (Å²) in [4.78, 5) is 23.4. The molecule has 7 nitrogen and oxygen atoms in total. The summed E-state index contributed by atoms with van der Waals surface area (Å²) in [7, 11) is 4.02. The number of aromatic nitrogens is 2. The summed E-state index contributed by atoms with van der Waals surface area (Å²) < 4.78 is 11.1. The minimum absolute atomic E-state index is 0.176. The summed E-state index contributed by atoms with van der Waals surface area (Å²) in [6, 6.07) is 13.4. The number of cyclic esters (lactones) is 1. The van der Waals surface area contributed by atoms with Crippen molar-refractivity contribution in [3.05, 3.63) is 54.4 Å². The normalized spacial score (nSPS) is 16.9. The number of anilines is 1. The van der Waals surface area contributed by atoms with Crippen LogP contribution < -0.4 is 9.64 Å². The molecule has 0 radical (unpaired) electrons. The molecule has 1 aliphatic heterocycles. The molecule has 0 saturated carbocycles. The summed E-state index contributed by atoms with van der Waals surface area (Å²) in [5.41, 5.74) is 3.52. The molecule has 1 saturated heterocycles. The van der Waals surface area contributed by atoms with Crippen molar-refractivity contribution >= 4 is 22.8 Å². The minimum Gasteiger partial charge on any atom is -0.492 e. The monoisotopic (exact) mass is 366 g/mol. The fourth-order valence-electron chi connectivity index (χ4n) is 3.15. The maximum atomic E-state index is 12.4.